The van der Waals surface area contributed by atoms with Crippen molar-refractivity contribution in [1.29, 1.82) is 0 Å². The van der Waals surface area contributed by atoms with Gasteiger partial charge in [0.15, 0.2) is 11.3 Å². The Balaban J connectivity index is 1.65. The first-order chi connectivity index (χ1) is 11.0. The van der Waals surface area contributed by atoms with Gasteiger partial charge in [0, 0.05) is 6.04 Å². The number of carbonyl (C=O) groups excluding carboxylic acids is 1. The second-order valence-corrected chi connectivity index (χ2v) is 6.56. The molecule has 6 heteroatoms. The molecule has 0 aliphatic carbocycles. The van der Waals surface area contributed by atoms with Crippen LogP contribution in [0.4, 0.5) is 0 Å². The topological polar surface area (TPSA) is 68.3 Å². The predicted octanol–water partition coefficient (Wildman–Crippen LogP) is 4.16. The summed E-state index contributed by atoms with van der Waals surface area (Å²) in [5.41, 5.74) is 2.76. The maximum absolute atomic E-state index is 11.8. The van der Waals surface area contributed by atoms with Crippen molar-refractivity contribution in [3.8, 4) is 0 Å². The van der Waals surface area contributed by atoms with Crippen LogP contribution in [-0.4, -0.2) is 16.9 Å². The summed E-state index contributed by atoms with van der Waals surface area (Å²) < 4.78 is 11.3. The summed E-state index contributed by atoms with van der Waals surface area (Å²) >= 11 is 1.44. The Morgan fingerprint density at radius 2 is 2.09 bits per heavy atom. The third kappa shape index (κ3) is 3.76. The fourth-order valence-corrected chi connectivity index (χ4v) is 2.85. The molecule has 0 bridgehead atoms. The van der Waals surface area contributed by atoms with Crippen molar-refractivity contribution in [1.82, 2.24) is 10.3 Å². The Bertz CT molecular complexity index is 835. The van der Waals surface area contributed by atoms with E-state index in [1.54, 1.807) is 12.1 Å². The van der Waals surface area contributed by atoms with Crippen molar-refractivity contribution in [3.05, 3.63) is 47.4 Å². The second-order valence-electron chi connectivity index (χ2n) is 5.63. The number of thioether (sulfide) groups is 1. The van der Waals surface area contributed by atoms with Crippen LogP contribution in [-0.2, 0) is 5.75 Å². The van der Waals surface area contributed by atoms with Gasteiger partial charge >= 0.3 is 0 Å². The normalized spacial score (nSPS) is 11.3. The SMILES string of the molecule is Cc1ccc2nc(SCc3ccc(C(=O)NC(C)C)o3)oc2c1. The predicted molar refractivity (Wildman–Crippen MR) is 89.6 cm³/mol. The standard InChI is InChI=1S/C17H18N2O3S/c1-10(2)18-16(20)14-7-5-12(21-14)9-23-17-19-13-6-4-11(3)8-15(13)22-17/h4-8,10H,9H2,1-3H3,(H,18,20). The lowest BCUT2D eigenvalue weighted by atomic mass is 10.2. The largest absolute Gasteiger partial charge is 0.455 e. The summed E-state index contributed by atoms with van der Waals surface area (Å²) in [6, 6.07) is 9.48. The van der Waals surface area contributed by atoms with Crippen molar-refractivity contribution in [2.45, 2.75) is 37.8 Å². The van der Waals surface area contributed by atoms with E-state index in [2.05, 4.69) is 10.3 Å². The number of hydrogen-bond acceptors (Lipinski definition) is 5. The summed E-state index contributed by atoms with van der Waals surface area (Å²) in [6.07, 6.45) is 0. The minimum absolute atomic E-state index is 0.0774. The average molecular weight is 330 g/mol. The quantitative estimate of drug-likeness (QED) is 0.711. The van der Waals surface area contributed by atoms with Gasteiger partial charge in [0.05, 0.1) is 5.75 Å². The third-order valence-corrected chi connectivity index (χ3v) is 4.02. The number of nitrogens with zero attached hydrogens (tertiary/aromatic N) is 1. The number of benzene rings is 1. The monoisotopic (exact) mass is 330 g/mol. The van der Waals surface area contributed by atoms with E-state index >= 15 is 0 Å². The highest BCUT2D eigenvalue weighted by Gasteiger charge is 2.13. The average Bonchev–Trinajstić information content (AvgIpc) is 3.10. The van der Waals surface area contributed by atoms with Gasteiger partial charge in [0.25, 0.3) is 11.1 Å². The highest BCUT2D eigenvalue weighted by Crippen LogP contribution is 2.27. The molecule has 0 fully saturated rings. The van der Waals surface area contributed by atoms with Crippen LogP contribution >= 0.6 is 11.8 Å². The first kappa shape index (κ1) is 15.7. The zero-order valence-electron chi connectivity index (χ0n) is 13.3. The molecule has 1 amide bonds. The first-order valence-corrected chi connectivity index (χ1v) is 8.39. The molecule has 3 aromatic rings. The summed E-state index contributed by atoms with van der Waals surface area (Å²) in [6.45, 7) is 5.83. The van der Waals surface area contributed by atoms with E-state index in [1.807, 2.05) is 39.0 Å². The van der Waals surface area contributed by atoms with E-state index in [-0.39, 0.29) is 11.9 Å². The molecule has 0 saturated heterocycles. The van der Waals surface area contributed by atoms with Crippen LogP contribution in [0.25, 0.3) is 11.1 Å². The number of nitrogens with one attached hydrogen (secondary N) is 1. The summed E-state index contributed by atoms with van der Waals surface area (Å²) in [5.74, 6) is 1.39. The van der Waals surface area contributed by atoms with Crippen LogP contribution in [0.5, 0.6) is 0 Å². The van der Waals surface area contributed by atoms with Crippen LogP contribution in [0.3, 0.4) is 0 Å². The zero-order chi connectivity index (χ0) is 16.4. The lowest BCUT2D eigenvalue weighted by Crippen LogP contribution is -2.29. The lowest BCUT2D eigenvalue weighted by Gasteiger charge is -2.05. The van der Waals surface area contributed by atoms with Gasteiger partial charge < -0.3 is 14.2 Å². The number of rotatable bonds is 5. The number of hydrogen-bond donors (Lipinski definition) is 1. The molecule has 23 heavy (non-hydrogen) atoms. The van der Waals surface area contributed by atoms with E-state index < -0.39 is 0 Å². The van der Waals surface area contributed by atoms with Crippen LogP contribution < -0.4 is 5.32 Å². The highest BCUT2D eigenvalue weighted by atomic mass is 32.2. The number of amides is 1. The molecule has 120 valence electrons. The van der Waals surface area contributed by atoms with Gasteiger partial charge in [-0.15, -0.1) is 0 Å². The number of fused-ring (bicyclic) bond motifs is 1. The third-order valence-electron chi connectivity index (χ3n) is 3.17. The number of carbonyl (C=O) groups is 1. The van der Waals surface area contributed by atoms with Crippen molar-refractivity contribution in [3.63, 3.8) is 0 Å². The molecule has 0 radical (unpaired) electrons. The Labute approximate surface area is 138 Å². The minimum Gasteiger partial charge on any atom is -0.455 e. The van der Waals surface area contributed by atoms with E-state index in [9.17, 15) is 4.79 Å². The maximum atomic E-state index is 11.8. The minimum atomic E-state index is -0.200. The maximum Gasteiger partial charge on any atom is 0.287 e. The van der Waals surface area contributed by atoms with Gasteiger partial charge in [-0.25, -0.2) is 4.98 Å². The molecule has 2 heterocycles. The van der Waals surface area contributed by atoms with Gasteiger partial charge in [-0.3, -0.25) is 4.79 Å². The molecule has 2 aromatic heterocycles. The van der Waals surface area contributed by atoms with Gasteiger partial charge in [0.2, 0.25) is 0 Å². The van der Waals surface area contributed by atoms with Gasteiger partial charge in [-0.05, 0) is 50.6 Å². The second kappa shape index (κ2) is 6.50. The molecule has 1 aromatic carbocycles. The summed E-state index contributed by atoms with van der Waals surface area (Å²) in [5, 5.41) is 3.39. The Kier molecular flexibility index (Phi) is 4.43. The van der Waals surface area contributed by atoms with Crippen molar-refractivity contribution in [2.24, 2.45) is 0 Å². The highest BCUT2D eigenvalue weighted by molar-refractivity contribution is 7.98. The smallest absolute Gasteiger partial charge is 0.287 e. The van der Waals surface area contributed by atoms with Crippen molar-refractivity contribution >= 4 is 28.8 Å². The molecule has 5 nitrogen and oxygen atoms in total. The van der Waals surface area contributed by atoms with Crippen LogP contribution in [0.15, 0.2) is 44.4 Å². The Morgan fingerprint density at radius 1 is 1.26 bits per heavy atom. The Morgan fingerprint density at radius 3 is 2.87 bits per heavy atom. The van der Waals surface area contributed by atoms with Crippen LogP contribution in [0.2, 0.25) is 0 Å². The van der Waals surface area contributed by atoms with Gasteiger partial charge in [-0.1, -0.05) is 17.8 Å². The molecular formula is C17H18N2O3S. The fourth-order valence-electron chi connectivity index (χ4n) is 2.12. The van der Waals surface area contributed by atoms with Crippen molar-refractivity contribution < 1.29 is 13.6 Å². The Hall–Kier alpha value is -2.21. The van der Waals surface area contributed by atoms with Gasteiger partial charge in [-0.2, -0.15) is 0 Å². The number of oxazole rings is 1. The summed E-state index contributed by atoms with van der Waals surface area (Å²) in [7, 11) is 0. The molecule has 3 rings (SSSR count). The molecule has 0 spiro atoms. The van der Waals surface area contributed by atoms with Gasteiger partial charge in [0.1, 0.15) is 11.3 Å². The molecule has 1 N–H and O–H groups in total. The van der Waals surface area contributed by atoms with Crippen molar-refractivity contribution in [2.75, 3.05) is 0 Å². The summed E-state index contributed by atoms with van der Waals surface area (Å²) in [4.78, 5) is 16.3. The zero-order valence-corrected chi connectivity index (χ0v) is 14.1. The van der Waals surface area contributed by atoms with E-state index in [0.29, 0.717) is 22.5 Å². The van der Waals surface area contributed by atoms with E-state index in [0.717, 1.165) is 16.7 Å². The molecule has 0 saturated carbocycles. The molecule has 0 aliphatic rings. The number of aryl methyl sites for hydroxylation is 1. The molecule has 0 atom stereocenters. The van der Waals surface area contributed by atoms with Crippen LogP contribution in [0.1, 0.15) is 35.7 Å². The van der Waals surface area contributed by atoms with Crippen LogP contribution in [0, 0.1) is 6.92 Å². The first-order valence-electron chi connectivity index (χ1n) is 7.41. The number of furan rings is 1. The fraction of sp³-hybridized carbons (Fsp3) is 0.294. The molecular weight excluding hydrogens is 312 g/mol. The lowest BCUT2D eigenvalue weighted by molar-refractivity contribution is 0.0914. The number of aromatic nitrogens is 1. The molecule has 0 aliphatic heterocycles. The van der Waals surface area contributed by atoms with E-state index in [4.69, 9.17) is 8.83 Å². The van der Waals surface area contributed by atoms with E-state index in [1.165, 1.54) is 11.8 Å². The molecule has 0 unspecified atom stereocenters.